The van der Waals surface area contributed by atoms with Crippen molar-refractivity contribution in [1.29, 1.82) is 0 Å². The first kappa shape index (κ1) is 15.2. The molecule has 3 rings (SSSR count). The number of carbonyl (C=O) groups is 1. The van der Waals surface area contributed by atoms with Crippen molar-refractivity contribution in [3.8, 4) is 5.69 Å². The molecule has 0 unspecified atom stereocenters. The molecule has 2 heterocycles. The average molecular weight is 325 g/mol. The summed E-state index contributed by atoms with van der Waals surface area (Å²) in [6.45, 7) is 1.89. The van der Waals surface area contributed by atoms with E-state index in [2.05, 4.69) is 20.5 Å². The predicted octanol–water partition coefficient (Wildman–Crippen LogP) is 2.70. The number of hydrogen-bond donors (Lipinski definition) is 1. The molecule has 23 heavy (non-hydrogen) atoms. The topological polar surface area (TPSA) is 72.7 Å². The summed E-state index contributed by atoms with van der Waals surface area (Å²) < 4.78 is 1.93. The van der Waals surface area contributed by atoms with Gasteiger partial charge >= 0.3 is 0 Å². The summed E-state index contributed by atoms with van der Waals surface area (Å²) in [5, 5.41) is 11.7. The third-order valence-corrected chi connectivity index (χ3v) is 4.00. The number of amides is 1. The molecule has 1 N–H and O–H groups in total. The van der Waals surface area contributed by atoms with Crippen molar-refractivity contribution in [2.75, 3.05) is 11.1 Å². The lowest BCUT2D eigenvalue weighted by atomic mass is 10.3. The second kappa shape index (κ2) is 7.06. The van der Waals surface area contributed by atoms with Gasteiger partial charge in [0.1, 0.15) is 11.6 Å². The van der Waals surface area contributed by atoms with E-state index in [0.29, 0.717) is 11.0 Å². The van der Waals surface area contributed by atoms with Gasteiger partial charge in [0, 0.05) is 11.9 Å². The number of thioether (sulfide) groups is 1. The second-order valence-electron chi connectivity index (χ2n) is 4.75. The molecule has 2 aromatic heterocycles. The minimum absolute atomic E-state index is 0.131. The van der Waals surface area contributed by atoms with Crippen molar-refractivity contribution in [3.63, 3.8) is 0 Å². The van der Waals surface area contributed by atoms with Gasteiger partial charge in [-0.1, -0.05) is 36.0 Å². The summed E-state index contributed by atoms with van der Waals surface area (Å²) in [7, 11) is 0. The van der Waals surface area contributed by atoms with E-state index in [4.69, 9.17) is 0 Å². The quantitative estimate of drug-likeness (QED) is 0.730. The van der Waals surface area contributed by atoms with Crippen LogP contribution in [0.15, 0.2) is 59.9 Å². The Bertz CT molecular complexity index is 789. The van der Waals surface area contributed by atoms with E-state index in [-0.39, 0.29) is 11.7 Å². The van der Waals surface area contributed by atoms with Gasteiger partial charge in [0.2, 0.25) is 5.91 Å². The zero-order chi connectivity index (χ0) is 16.1. The maximum atomic E-state index is 12.0. The largest absolute Gasteiger partial charge is 0.310 e. The van der Waals surface area contributed by atoms with E-state index in [1.165, 1.54) is 11.8 Å². The molecule has 1 aromatic carbocycles. The number of para-hydroxylation sites is 1. The third-order valence-electron chi connectivity index (χ3n) is 3.07. The van der Waals surface area contributed by atoms with Crippen LogP contribution in [-0.2, 0) is 4.79 Å². The van der Waals surface area contributed by atoms with Crippen LogP contribution in [0.3, 0.4) is 0 Å². The van der Waals surface area contributed by atoms with Crippen LogP contribution in [-0.4, -0.2) is 31.4 Å². The number of nitrogens with one attached hydrogen (secondary N) is 1. The van der Waals surface area contributed by atoms with Gasteiger partial charge in [-0.25, -0.2) is 4.98 Å². The number of aromatic nitrogens is 4. The zero-order valence-electron chi connectivity index (χ0n) is 12.5. The molecule has 0 atom stereocenters. The molecule has 7 heteroatoms. The Morgan fingerprint density at radius 3 is 2.65 bits per heavy atom. The smallest absolute Gasteiger partial charge is 0.236 e. The molecule has 0 saturated carbocycles. The standard InChI is InChI=1S/C16H15N5OS/c1-12-19-20-16(21(12)13-7-3-2-4-8-13)23-11-15(22)18-14-9-5-6-10-17-14/h2-10H,11H2,1H3,(H,17,18,22). The van der Waals surface area contributed by atoms with Crippen molar-refractivity contribution in [2.24, 2.45) is 0 Å². The van der Waals surface area contributed by atoms with E-state index < -0.39 is 0 Å². The zero-order valence-corrected chi connectivity index (χ0v) is 13.3. The highest BCUT2D eigenvalue weighted by Gasteiger charge is 2.13. The molecule has 0 aliphatic rings. The van der Waals surface area contributed by atoms with E-state index in [1.807, 2.05) is 47.9 Å². The van der Waals surface area contributed by atoms with Gasteiger partial charge in [0.05, 0.1) is 5.75 Å². The molecule has 0 aliphatic carbocycles. The molecule has 0 bridgehead atoms. The minimum atomic E-state index is -0.131. The van der Waals surface area contributed by atoms with E-state index in [0.717, 1.165) is 11.5 Å². The molecule has 116 valence electrons. The highest BCUT2D eigenvalue weighted by Crippen LogP contribution is 2.21. The molecule has 0 aliphatic heterocycles. The molecule has 0 radical (unpaired) electrons. The molecule has 3 aromatic rings. The number of carbonyl (C=O) groups excluding carboxylic acids is 1. The number of benzene rings is 1. The first-order valence-corrected chi connectivity index (χ1v) is 8.04. The Morgan fingerprint density at radius 1 is 1.13 bits per heavy atom. The number of pyridine rings is 1. The molecule has 0 saturated heterocycles. The van der Waals surface area contributed by atoms with Gasteiger partial charge in [0.15, 0.2) is 5.16 Å². The average Bonchev–Trinajstić information content (AvgIpc) is 2.95. The van der Waals surface area contributed by atoms with Gasteiger partial charge < -0.3 is 5.32 Å². The Labute approximate surface area is 138 Å². The fourth-order valence-electron chi connectivity index (χ4n) is 2.06. The van der Waals surface area contributed by atoms with Crippen LogP contribution in [0.1, 0.15) is 5.82 Å². The second-order valence-corrected chi connectivity index (χ2v) is 5.70. The third kappa shape index (κ3) is 3.75. The van der Waals surface area contributed by atoms with Crippen molar-refractivity contribution in [3.05, 3.63) is 60.6 Å². The van der Waals surface area contributed by atoms with Crippen LogP contribution in [0.5, 0.6) is 0 Å². The highest BCUT2D eigenvalue weighted by molar-refractivity contribution is 7.99. The Hall–Kier alpha value is -2.67. The minimum Gasteiger partial charge on any atom is -0.310 e. The summed E-state index contributed by atoms with van der Waals surface area (Å²) in [4.78, 5) is 16.1. The molecule has 0 fully saturated rings. The molecular formula is C16H15N5OS. The van der Waals surface area contributed by atoms with Crippen molar-refractivity contribution < 1.29 is 4.79 Å². The van der Waals surface area contributed by atoms with Crippen LogP contribution in [0, 0.1) is 6.92 Å². The summed E-state index contributed by atoms with van der Waals surface area (Å²) in [6.07, 6.45) is 1.64. The van der Waals surface area contributed by atoms with Crippen molar-refractivity contribution in [1.82, 2.24) is 19.7 Å². The summed E-state index contributed by atoms with van der Waals surface area (Å²) in [5.74, 6) is 1.43. The van der Waals surface area contributed by atoms with E-state index in [1.54, 1.807) is 18.3 Å². The Balaban J connectivity index is 1.68. The SMILES string of the molecule is Cc1nnc(SCC(=O)Nc2ccccn2)n1-c1ccccc1. The van der Waals surface area contributed by atoms with Gasteiger partial charge in [-0.15, -0.1) is 10.2 Å². The van der Waals surface area contributed by atoms with Crippen LogP contribution in [0.2, 0.25) is 0 Å². The predicted molar refractivity (Wildman–Crippen MR) is 89.7 cm³/mol. The summed E-state index contributed by atoms with van der Waals surface area (Å²) in [5.41, 5.74) is 0.975. The van der Waals surface area contributed by atoms with Crippen molar-refractivity contribution in [2.45, 2.75) is 12.1 Å². The maximum absolute atomic E-state index is 12.0. The van der Waals surface area contributed by atoms with Crippen LogP contribution < -0.4 is 5.32 Å². The maximum Gasteiger partial charge on any atom is 0.236 e. The normalized spacial score (nSPS) is 10.5. The molecule has 6 nitrogen and oxygen atoms in total. The van der Waals surface area contributed by atoms with Crippen LogP contribution in [0.25, 0.3) is 5.69 Å². The summed E-state index contributed by atoms with van der Waals surface area (Å²) >= 11 is 1.34. The number of nitrogens with zero attached hydrogens (tertiary/aromatic N) is 4. The number of aryl methyl sites for hydroxylation is 1. The fourth-order valence-corrected chi connectivity index (χ4v) is 2.85. The van der Waals surface area contributed by atoms with Crippen LogP contribution in [0.4, 0.5) is 5.82 Å². The Morgan fingerprint density at radius 2 is 1.91 bits per heavy atom. The first-order valence-electron chi connectivity index (χ1n) is 7.05. The van der Waals surface area contributed by atoms with Gasteiger partial charge in [-0.05, 0) is 31.2 Å². The highest BCUT2D eigenvalue weighted by atomic mass is 32.2. The Kier molecular flexibility index (Phi) is 4.68. The monoisotopic (exact) mass is 325 g/mol. The molecular weight excluding hydrogens is 310 g/mol. The number of rotatable bonds is 5. The van der Waals surface area contributed by atoms with Crippen LogP contribution >= 0.6 is 11.8 Å². The summed E-state index contributed by atoms with van der Waals surface area (Å²) in [6, 6.07) is 15.2. The van der Waals surface area contributed by atoms with Gasteiger partial charge in [0.25, 0.3) is 0 Å². The number of anilines is 1. The lowest BCUT2D eigenvalue weighted by molar-refractivity contribution is -0.113. The van der Waals surface area contributed by atoms with Gasteiger partial charge in [-0.3, -0.25) is 9.36 Å². The lowest BCUT2D eigenvalue weighted by Gasteiger charge is -2.08. The lowest BCUT2D eigenvalue weighted by Crippen LogP contribution is -2.15. The van der Waals surface area contributed by atoms with E-state index in [9.17, 15) is 4.79 Å². The van der Waals surface area contributed by atoms with E-state index >= 15 is 0 Å². The molecule has 0 spiro atoms. The van der Waals surface area contributed by atoms with Gasteiger partial charge in [-0.2, -0.15) is 0 Å². The fraction of sp³-hybridized carbons (Fsp3) is 0.125. The number of hydrogen-bond acceptors (Lipinski definition) is 5. The first-order chi connectivity index (χ1) is 11.2. The van der Waals surface area contributed by atoms with Crippen molar-refractivity contribution >= 4 is 23.5 Å². The molecule has 1 amide bonds.